The summed E-state index contributed by atoms with van der Waals surface area (Å²) in [6.45, 7) is 2.92. The van der Waals surface area contributed by atoms with Crippen molar-refractivity contribution in [2.24, 2.45) is 0 Å². The molecule has 8 nitrogen and oxygen atoms in total. The second-order valence-corrected chi connectivity index (χ2v) is 3.64. The number of rotatable bonds is 4. The molecule has 1 aromatic heterocycles. The van der Waals surface area contributed by atoms with Crippen LogP contribution in [0.15, 0.2) is 0 Å². The highest BCUT2D eigenvalue weighted by molar-refractivity contribution is 5.39. The lowest BCUT2D eigenvalue weighted by molar-refractivity contribution is 0.122. The van der Waals surface area contributed by atoms with Gasteiger partial charge in [-0.05, 0) is 0 Å². The molecule has 2 N–H and O–H groups in total. The van der Waals surface area contributed by atoms with Gasteiger partial charge in [-0.25, -0.2) is 0 Å². The molecule has 1 aromatic rings. The van der Waals surface area contributed by atoms with E-state index >= 15 is 0 Å². The summed E-state index contributed by atoms with van der Waals surface area (Å²) in [6, 6.07) is 1.90. The fraction of sp³-hybridized carbons (Fsp3) is 0.600. The van der Waals surface area contributed by atoms with Crippen LogP contribution in [0.25, 0.3) is 0 Å². The number of nitrogens with zero attached hydrogens (tertiary/aromatic N) is 5. The lowest BCUT2D eigenvalue weighted by Gasteiger charge is -2.26. The van der Waals surface area contributed by atoms with Crippen LogP contribution in [0.3, 0.4) is 0 Å². The van der Waals surface area contributed by atoms with Crippen LogP contribution in [0, 0.1) is 11.3 Å². The van der Waals surface area contributed by atoms with E-state index in [4.69, 9.17) is 15.1 Å². The predicted octanol–water partition coefficient (Wildman–Crippen LogP) is -1.02. The van der Waals surface area contributed by atoms with Crippen molar-refractivity contribution in [1.82, 2.24) is 15.0 Å². The molecule has 0 bridgehead atoms. The van der Waals surface area contributed by atoms with Crippen LogP contribution in [0.4, 0.5) is 11.9 Å². The summed E-state index contributed by atoms with van der Waals surface area (Å²) in [5.41, 5.74) is 0. The van der Waals surface area contributed by atoms with Gasteiger partial charge in [-0.2, -0.15) is 20.2 Å². The molecule has 1 fully saturated rings. The van der Waals surface area contributed by atoms with Gasteiger partial charge in [-0.3, -0.25) is 0 Å². The first kappa shape index (κ1) is 12.5. The first-order valence-corrected chi connectivity index (χ1v) is 5.67. The zero-order valence-electron chi connectivity index (χ0n) is 9.83. The SMILES string of the molecule is N#Cc1nc(NCCO)nc(N2CCOCC2)n1. The number of aromatic nitrogens is 3. The molecule has 0 spiro atoms. The third-order valence-corrected chi connectivity index (χ3v) is 2.41. The Morgan fingerprint density at radius 2 is 2.11 bits per heavy atom. The van der Waals surface area contributed by atoms with E-state index in [2.05, 4.69) is 20.3 Å². The largest absolute Gasteiger partial charge is 0.395 e. The molecule has 0 aromatic carbocycles. The van der Waals surface area contributed by atoms with E-state index in [1.165, 1.54) is 0 Å². The van der Waals surface area contributed by atoms with Crippen molar-refractivity contribution in [2.75, 3.05) is 49.7 Å². The van der Waals surface area contributed by atoms with Gasteiger partial charge in [0.15, 0.2) is 0 Å². The van der Waals surface area contributed by atoms with Crippen LogP contribution in [-0.4, -0.2) is 59.5 Å². The molecule has 0 unspecified atom stereocenters. The highest BCUT2D eigenvalue weighted by Gasteiger charge is 2.16. The zero-order chi connectivity index (χ0) is 12.8. The molecule has 1 aliphatic rings. The second-order valence-electron chi connectivity index (χ2n) is 3.64. The third-order valence-electron chi connectivity index (χ3n) is 2.41. The Kier molecular flexibility index (Phi) is 4.22. The van der Waals surface area contributed by atoms with Crippen LogP contribution < -0.4 is 10.2 Å². The Hall–Kier alpha value is -1.98. The van der Waals surface area contributed by atoms with Crippen molar-refractivity contribution >= 4 is 11.9 Å². The molecule has 96 valence electrons. The van der Waals surface area contributed by atoms with E-state index in [1.54, 1.807) is 0 Å². The summed E-state index contributed by atoms with van der Waals surface area (Å²) >= 11 is 0. The monoisotopic (exact) mass is 250 g/mol. The lowest BCUT2D eigenvalue weighted by atomic mass is 10.4. The number of nitriles is 1. The predicted molar refractivity (Wildman–Crippen MR) is 63.1 cm³/mol. The van der Waals surface area contributed by atoms with E-state index in [-0.39, 0.29) is 12.4 Å². The summed E-state index contributed by atoms with van der Waals surface area (Å²) in [6.07, 6.45) is 0. The van der Waals surface area contributed by atoms with Crippen molar-refractivity contribution in [3.8, 4) is 6.07 Å². The maximum atomic E-state index is 8.89. The van der Waals surface area contributed by atoms with Crippen LogP contribution in [0.1, 0.15) is 5.82 Å². The van der Waals surface area contributed by atoms with Crippen molar-refractivity contribution in [1.29, 1.82) is 5.26 Å². The van der Waals surface area contributed by atoms with E-state index < -0.39 is 0 Å². The first-order chi connectivity index (χ1) is 8.83. The Labute approximate surface area is 104 Å². The van der Waals surface area contributed by atoms with Gasteiger partial charge in [0.1, 0.15) is 6.07 Å². The Balaban J connectivity index is 2.20. The Bertz CT molecular complexity index is 440. The van der Waals surface area contributed by atoms with E-state index in [0.29, 0.717) is 44.7 Å². The minimum atomic E-state index is -0.0273. The smallest absolute Gasteiger partial charge is 0.238 e. The van der Waals surface area contributed by atoms with Crippen LogP contribution >= 0.6 is 0 Å². The molecule has 0 aliphatic carbocycles. The highest BCUT2D eigenvalue weighted by Crippen LogP contribution is 2.12. The van der Waals surface area contributed by atoms with Crippen LogP contribution in [0.2, 0.25) is 0 Å². The molecule has 8 heteroatoms. The number of hydrogen-bond donors (Lipinski definition) is 2. The minimum Gasteiger partial charge on any atom is -0.395 e. The van der Waals surface area contributed by atoms with Gasteiger partial charge in [-0.1, -0.05) is 0 Å². The quantitative estimate of drug-likeness (QED) is 0.699. The molecule has 1 saturated heterocycles. The Morgan fingerprint density at radius 1 is 1.33 bits per heavy atom. The van der Waals surface area contributed by atoms with Gasteiger partial charge < -0.3 is 20.1 Å². The summed E-state index contributed by atoms with van der Waals surface area (Å²) in [4.78, 5) is 14.1. The Morgan fingerprint density at radius 3 is 2.78 bits per heavy atom. The number of ether oxygens (including phenoxy) is 1. The van der Waals surface area contributed by atoms with Gasteiger partial charge in [-0.15, -0.1) is 0 Å². The third kappa shape index (κ3) is 3.03. The van der Waals surface area contributed by atoms with Crippen molar-refractivity contribution in [2.45, 2.75) is 0 Å². The lowest BCUT2D eigenvalue weighted by Crippen LogP contribution is -2.37. The van der Waals surface area contributed by atoms with E-state index in [0.717, 1.165) is 0 Å². The van der Waals surface area contributed by atoms with Gasteiger partial charge in [0.25, 0.3) is 0 Å². The molecule has 1 aliphatic heterocycles. The molecule has 0 amide bonds. The molecule has 0 radical (unpaired) electrons. The summed E-state index contributed by atoms with van der Waals surface area (Å²) < 4.78 is 5.25. The number of morpholine rings is 1. The summed E-state index contributed by atoms with van der Waals surface area (Å²) in [5.74, 6) is 0.828. The number of hydrogen-bond acceptors (Lipinski definition) is 8. The molecule has 2 rings (SSSR count). The van der Waals surface area contributed by atoms with Gasteiger partial charge in [0.05, 0.1) is 19.8 Å². The molecule has 18 heavy (non-hydrogen) atoms. The number of aliphatic hydroxyl groups excluding tert-OH is 1. The maximum absolute atomic E-state index is 8.89. The van der Waals surface area contributed by atoms with E-state index in [1.807, 2.05) is 11.0 Å². The maximum Gasteiger partial charge on any atom is 0.238 e. The zero-order valence-corrected chi connectivity index (χ0v) is 9.83. The van der Waals surface area contributed by atoms with Crippen LogP contribution in [0.5, 0.6) is 0 Å². The molecule has 0 saturated carbocycles. The van der Waals surface area contributed by atoms with Crippen molar-refractivity contribution < 1.29 is 9.84 Å². The van der Waals surface area contributed by atoms with Gasteiger partial charge in [0, 0.05) is 19.6 Å². The van der Waals surface area contributed by atoms with Crippen molar-refractivity contribution in [3.05, 3.63) is 5.82 Å². The topological polar surface area (TPSA) is 107 Å². The molecule has 2 heterocycles. The van der Waals surface area contributed by atoms with Gasteiger partial charge >= 0.3 is 0 Å². The number of aliphatic hydroxyl groups is 1. The van der Waals surface area contributed by atoms with Crippen LogP contribution in [-0.2, 0) is 4.74 Å². The fourth-order valence-electron chi connectivity index (χ4n) is 1.57. The number of anilines is 2. The number of nitrogens with one attached hydrogen (secondary N) is 1. The average molecular weight is 250 g/mol. The van der Waals surface area contributed by atoms with E-state index in [9.17, 15) is 0 Å². The minimum absolute atomic E-state index is 0.0273. The summed E-state index contributed by atoms with van der Waals surface area (Å²) in [7, 11) is 0. The fourth-order valence-corrected chi connectivity index (χ4v) is 1.57. The first-order valence-electron chi connectivity index (χ1n) is 5.67. The second kappa shape index (κ2) is 6.09. The highest BCUT2D eigenvalue weighted by atomic mass is 16.5. The summed E-state index contributed by atoms with van der Waals surface area (Å²) in [5, 5.41) is 20.5. The molecular weight excluding hydrogens is 236 g/mol. The van der Waals surface area contributed by atoms with Gasteiger partial charge in [0.2, 0.25) is 17.7 Å². The normalized spacial score (nSPS) is 15.2. The standard InChI is InChI=1S/C10H14N6O2/c11-7-8-13-9(12-1-4-17)15-10(14-8)16-2-5-18-6-3-16/h17H,1-6H2,(H,12,13,14,15). The van der Waals surface area contributed by atoms with Crippen molar-refractivity contribution in [3.63, 3.8) is 0 Å². The molecule has 0 atom stereocenters. The average Bonchev–Trinajstić information content (AvgIpc) is 2.45. The molecular formula is C10H14N6O2.